The van der Waals surface area contributed by atoms with Crippen LogP contribution in [0.2, 0.25) is 0 Å². The molecular formula is C27H37NO2. The van der Waals surface area contributed by atoms with Gasteiger partial charge in [-0.25, -0.2) is 0 Å². The van der Waals surface area contributed by atoms with E-state index < -0.39 is 0 Å². The largest absolute Gasteiger partial charge is 0.490 e. The van der Waals surface area contributed by atoms with Crippen LogP contribution in [0.3, 0.4) is 0 Å². The molecule has 3 nitrogen and oxygen atoms in total. The van der Waals surface area contributed by atoms with E-state index in [-0.39, 0.29) is 6.10 Å². The normalized spacial score (nSPS) is 24.7. The van der Waals surface area contributed by atoms with E-state index in [1.807, 2.05) is 0 Å². The lowest BCUT2D eigenvalue weighted by molar-refractivity contribution is 0.135. The predicted octanol–water partition coefficient (Wildman–Crippen LogP) is 6.47. The zero-order valence-electron chi connectivity index (χ0n) is 18.8. The van der Waals surface area contributed by atoms with Crippen molar-refractivity contribution in [3.8, 4) is 11.5 Å². The van der Waals surface area contributed by atoms with Crippen molar-refractivity contribution in [2.45, 2.75) is 90.0 Å². The number of rotatable bonds is 7. The summed E-state index contributed by atoms with van der Waals surface area (Å²) in [6, 6.07) is 18.2. The summed E-state index contributed by atoms with van der Waals surface area (Å²) < 4.78 is 12.6. The minimum absolute atomic E-state index is 0.159. The zero-order valence-corrected chi connectivity index (χ0v) is 18.8. The summed E-state index contributed by atoms with van der Waals surface area (Å²) in [6.07, 6.45) is 8.49. The molecule has 1 aliphatic carbocycles. The van der Waals surface area contributed by atoms with Crippen molar-refractivity contribution in [3.05, 3.63) is 59.7 Å². The van der Waals surface area contributed by atoms with E-state index in [1.165, 1.54) is 30.4 Å². The van der Waals surface area contributed by atoms with Gasteiger partial charge in [-0.2, -0.15) is 0 Å². The van der Waals surface area contributed by atoms with Crippen molar-refractivity contribution in [2.75, 3.05) is 0 Å². The Morgan fingerprint density at radius 2 is 1.73 bits per heavy atom. The number of hydrogen-bond donors (Lipinski definition) is 1. The fourth-order valence-corrected chi connectivity index (χ4v) is 5.06. The second-order valence-corrected chi connectivity index (χ2v) is 9.61. The quantitative estimate of drug-likeness (QED) is 0.571. The van der Waals surface area contributed by atoms with Crippen LogP contribution in [0.1, 0.15) is 76.5 Å². The zero-order chi connectivity index (χ0) is 20.9. The molecule has 162 valence electrons. The summed E-state index contributed by atoms with van der Waals surface area (Å²) >= 11 is 0. The highest BCUT2D eigenvalue weighted by molar-refractivity contribution is 5.42. The van der Waals surface area contributed by atoms with Crippen molar-refractivity contribution in [1.82, 2.24) is 5.32 Å². The smallest absolute Gasteiger partial charge is 0.124 e. The maximum absolute atomic E-state index is 6.37. The monoisotopic (exact) mass is 407 g/mol. The lowest BCUT2D eigenvalue weighted by atomic mass is 9.91. The van der Waals surface area contributed by atoms with Crippen LogP contribution >= 0.6 is 0 Å². The number of benzene rings is 2. The van der Waals surface area contributed by atoms with Gasteiger partial charge in [0.2, 0.25) is 0 Å². The first kappa shape index (κ1) is 21.2. The van der Waals surface area contributed by atoms with Crippen LogP contribution in [0.5, 0.6) is 11.5 Å². The first-order valence-electron chi connectivity index (χ1n) is 11.8. The van der Waals surface area contributed by atoms with Gasteiger partial charge in [-0.05, 0) is 87.1 Å². The second kappa shape index (κ2) is 9.87. The molecule has 3 heteroatoms. The van der Waals surface area contributed by atoms with Crippen LogP contribution in [0.25, 0.3) is 0 Å². The maximum Gasteiger partial charge on any atom is 0.124 e. The first-order valence-corrected chi connectivity index (χ1v) is 11.8. The van der Waals surface area contributed by atoms with Gasteiger partial charge in [0.05, 0.1) is 6.10 Å². The Morgan fingerprint density at radius 1 is 0.967 bits per heavy atom. The van der Waals surface area contributed by atoms with Gasteiger partial charge in [0, 0.05) is 12.1 Å². The van der Waals surface area contributed by atoms with Crippen LogP contribution in [-0.4, -0.2) is 18.2 Å². The summed E-state index contributed by atoms with van der Waals surface area (Å²) in [7, 11) is 0. The van der Waals surface area contributed by atoms with Crippen molar-refractivity contribution >= 4 is 0 Å². The minimum atomic E-state index is 0.159. The highest BCUT2D eigenvalue weighted by Crippen LogP contribution is 2.37. The maximum atomic E-state index is 6.37. The molecule has 1 fully saturated rings. The van der Waals surface area contributed by atoms with Crippen LogP contribution in [-0.2, 0) is 6.42 Å². The average Bonchev–Trinajstić information content (AvgIpc) is 2.75. The van der Waals surface area contributed by atoms with Gasteiger partial charge in [0.1, 0.15) is 17.6 Å². The fourth-order valence-electron chi connectivity index (χ4n) is 5.06. The van der Waals surface area contributed by atoms with Crippen LogP contribution in [0.15, 0.2) is 48.5 Å². The third-order valence-electron chi connectivity index (χ3n) is 6.47. The van der Waals surface area contributed by atoms with Gasteiger partial charge >= 0.3 is 0 Å². The first-order chi connectivity index (χ1) is 14.6. The third kappa shape index (κ3) is 5.57. The third-order valence-corrected chi connectivity index (χ3v) is 6.47. The Bertz CT molecular complexity index is 796. The van der Waals surface area contributed by atoms with Gasteiger partial charge in [-0.1, -0.05) is 44.2 Å². The van der Waals surface area contributed by atoms with Gasteiger partial charge in [0.15, 0.2) is 0 Å². The van der Waals surface area contributed by atoms with Crippen molar-refractivity contribution in [2.24, 2.45) is 5.92 Å². The van der Waals surface area contributed by atoms with Crippen LogP contribution in [0, 0.1) is 5.92 Å². The van der Waals surface area contributed by atoms with E-state index >= 15 is 0 Å². The Labute approximate surface area is 182 Å². The Balaban J connectivity index is 1.28. The molecule has 0 bridgehead atoms. The average molecular weight is 408 g/mol. The number of hydrogen-bond acceptors (Lipinski definition) is 3. The molecule has 2 aromatic rings. The number of nitrogens with one attached hydrogen (secondary N) is 1. The molecule has 0 amide bonds. The van der Waals surface area contributed by atoms with Gasteiger partial charge in [-0.3, -0.25) is 0 Å². The summed E-state index contributed by atoms with van der Waals surface area (Å²) in [5, 5.41) is 3.82. The Kier molecular flexibility index (Phi) is 6.99. The van der Waals surface area contributed by atoms with Gasteiger partial charge < -0.3 is 14.8 Å². The molecule has 1 N–H and O–H groups in total. The van der Waals surface area contributed by atoms with E-state index in [0.29, 0.717) is 18.2 Å². The van der Waals surface area contributed by atoms with Gasteiger partial charge in [-0.15, -0.1) is 0 Å². The summed E-state index contributed by atoms with van der Waals surface area (Å²) in [4.78, 5) is 0. The second-order valence-electron chi connectivity index (χ2n) is 9.61. The molecular weight excluding hydrogens is 370 g/mol. The standard InChI is InChI=1S/C27H37NO2/c1-19(2)17-20(3)28-23-10-12-24(13-11-23)29-25-14-16-27-22(18-25)9-15-26(30-27)21-7-5-4-6-8-21/h4-8,14,16,18-20,23-24,26,28H,9-13,15,17H2,1-3H3. The predicted molar refractivity (Wildman–Crippen MR) is 123 cm³/mol. The van der Waals surface area contributed by atoms with Crippen LogP contribution in [0.4, 0.5) is 0 Å². The Hall–Kier alpha value is -2.00. The molecule has 0 saturated heterocycles. The molecule has 1 aliphatic heterocycles. The molecule has 0 radical (unpaired) electrons. The van der Waals surface area contributed by atoms with Crippen LogP contribution < -0.4 is 14.8 Å². The summed E-state index contributed by atoms with van der Waals surface area (Å²) in [5.41, 5.74) is 2.54. The minimum Gasteiger partial charge on any atom is -0.490 e. The molecule has 2 aromatic carbocycles. The van der Waals surface area contributed by atoms with Gasteiger partial charge in [0.25, 0.3) is 0 Å². The fraction of sp³-hybridized carbons (Fsp3) is 0.556. The van der Waals surface area contributed by atoms with Crippen molar-refractivity contribution < 1.29 is 9.47 Å². The molecule has 1 heterocycles. The lowest BCUT2D eigenvalue weighted by Crippen LogP contribution is -2.41. The lowest BCUT2D eigenvalue weighted by Gasteiger charge is -2.32. The van der Waals surface area contributed by atoms with E-state index in [1.54, 1.807) is 0 Å². The SMILES string of the molecule is CC(C)CC(C)NC1CCC(Oc2ccc3c(c2)CCC(c2ccccc2)O3)CC1. The molecule has 1 saturated carbocycles. The molecule has 0 aromatic heterocycles. The Morgan fingerprint density at radius 3 is 2.47 bits per heavy atom. The number of fused-ring (bicyclic) bond motifs is 1. The van der Waals surface area contributed by atoms with E-state index in [0.717, 1.165) is 43.1 Å². The summed E-state index contributed by atoms with van der Waals surface area (Å²) in [5.74, 6) is 2.76. The van der Waals surface area contributed by atoms with E-state index in [4.69, 9.17) is 9.47 Å². The molecule has 4 rings (SSSR count). The highest BCUT2D eigenvalue weighted by Gasteiger charge is 2.25. The molecule has 0 spiro atoms. The van der Waals surface area contributed by atoms with Crippen molar-refractivity contribution in [1.29, 1.82) is 0 Å². The summed E-state index contributed by atoms with van der Waals surface area (Å²) in [6.45, 7) is 6.92. The molecule has 2 aliphatic rings. The topological polar surface area (TPSA) is 30.5 Å². The molecule has 2 unspecified atom stereocenters. The highest BCUT2D eigenvalue weighted by atomic mass is 16.5. The number of ether oxygens (including phenoxy) is 2. The molecule has 2 atom stereocenters. The van der Waals surface area contributed by atoms with E-state index in [2.05, 4.69) is 74.6 Å². The number of aryl methyl sites for hydroxylation is 1. The van der Waals surface area contributed by atoms with E-state index in [9.17, 15) is 0 Å². The molecule has 30 heavy (non-hydrogen) atoms. The van der Waals surface area contributed by atoms with Crippen molar-refractivity contribution in [3.63, 3.8) is 0 Å².